The van der Waals surface area contributed by atoms with Crippen molar-refractivity contribution in [2.45, 2.75) is 31.4 Å². The highest BCUT2D eigenvalue weighted by molar-refractivity contribution is 7.86. The molecule has 1 aromatic heterocycles. The van der Waals surface area contributed by atoms with Gasteiger partial charge in [-0.3, -0.25) is 4.21 Å². The van der Waals surface area contributed by atoms with Gasteiger partial charge in [0.2, 0.25) is 5.82 Å². The van der Waals surface area contributed by atoms with Crippen molar-refractivity contribution in [3.63, 3.8) is 0 Å². The van der Waals surface area contributed by atoms with Gasteiger partial charge in [-0.25, -0.2) is 0 Å². The number of halogens is 1. The molecule has 1 unspecified atom stereocenters. The maximum absolute atomic E-state index is 12.4. The molecule has 124 valence electrons. The lowest BCUT2D eigenvalue weighted by molar-refractivity contribution is 0.399. The Labute approximate surface area is 143 Å². The van der Waals surface area contributed by atoms with Crippen molar-refractivity contribution >= 4 is 28.4 Å². The molecule has 1 saturated heterocycles. The molecule has 5 nitrogen and oxygen atoms in total. The summed E-state index contributed by atoms with van der Waals surface area (Å²) in [5.74, 6) is 1.16. The first-order valence-corrected chi connectivity index (χ1v) is 9.51. The first kappa shape index (κ1) is 16.5. The minimum absolute atomic E-state index is 0.192. The third-order valence-electron chi connectivity index (χ3n) is 4.57. The molecule has 0 spiro atoms. The number of anilines is 1. The third kappa shape index (κ3) is 3.15. The standard InChI is InChI=1S/C16H20ClN3O2S/c1-3-16(4-2)11-20(8-9-23(16)21)15-18-14(19-22-15)12-6-5-7-13(17)10-12/h5-7,10H,3-4,8-9,11H2,1-2H3. The predicted molar refractivity (Wildman–Crippen MR) is 93.3 cm³/mol. The zero-order valence-electron chi connectivity index (χ0n) is 13.3. The second-order valence-electron chi connectivity index (χ2n) is 5.77. The maximum Gasteiger partial charge on any atom is 0.324 e. The summed E-state index contributed by atoms with van der Waals surface area (Å²) in [6.45, 7) is 5.54. The number of nitrogens with zero attached hydrogens (tertiary/aromatic N) is 3. The van der Waals surface area contributed by atoms with Gasteiger partial charge >= 0.3 is 6.01 Å². The fourth-order valence-corrected chi connectivity index (χ4v) is 4.91. The van der Waals surface area contributed by atoms with Crippen LogP contribution in [0.4, 0.5) is 6.01 Å². The average Bonchev–Trinajstić information content (AvgIpc) is 3.06. The molecule has 23 heavy (non-hydrogen) atoms. The van der Waals surface area contributed by atoms with Gasteiger partial charge in [0.05, 0.1) is 4.75 Å². The van der Waals surface area contributed by atoms with Crippen LogP contribution < -0.4 is 4.90 Å². The average molecular weight is 354 g/mol. The maximum atomic E-state index is 12.4. The normalized spacial score (nSPS) is 20.7. The second kappa shape index (κ2) is 6.61. The monoisotopic (exact) mass is 353 g/mol. The van der Waals surface area contributed by atoms with Gasteiger partial charge in [-0.15, -0.1) is 0 Å². The Hall–Kier alpha value is -1.40. The molecule has 0 N–H and O–H groups in total. The number of hydrogen-bond acceptors (Lipinski definition) is 5. The van der Waals surface area contributed by atoms with Gasteiger partial charge in [0, 0.05) is 40.2 Å². The molecule has 0 aliphatic carbocycles. The number of benzene rings is 1. The van der Waals surface area contributed by atoms with Gasteiger partial charge in [0.15, 0.2) is 0 Å². The van der Waals surface area contributed by atoms with Gasteiger partial charge in [0.1, 0.15) is 0 Å². The molecule has 0 bridgehead atoms. The molecule has 0 radical (unpaired) electrons. The Morgan fingerprint density at radius 2 is 2.17 bits per heavy atom. The van der Waals surface area contributed by atoms with E-state index < -0.39 is 10.8 Å². The second-order valence-corrected chi connectivity index (χ2v) is 8.17. The van der Waals surface area contributed by atoms with E-state index in [1.807, 2.05) is 24.3 Å². The summed E-state index contributed by atoms with van der Waals surface area (Å²) in [6.07, 6.45) is 1.75. The highest BCUT2D eigenvalue weighted by Crippen LogP contribution is 2.31. The molecule has 1 atom stereocenters. The van der Waals surface area contributed by atoms with Gasteiger partial charge < -0.3 is 9.42 Å². The Bertz CT molecular complexity index is 715. The molecule has 1 fully saturated rings. The minimum Gasteiger partial charge on any atom is -0.322 e. The van der Waals surface area contributed by atoms with E-state index in [1.165, 1.54) is 0 Å². The Kier molecular flexibility index (Phi) is 4.73. The molecule has 2 heterocycles. The fraction of sp³-hybridized carbons (Fsp3) is 0.500. The van der Waals surface area contributed by atoms with Crippen LogP contribution >= 0.6 is 11.6 Å². The summed E-state index contributed by atoms with van der Waals surface area (Å²) in [5.41, 5.74) is 0.824. The van der Waals surface area contributed by atoms with Crippen molar-refractivity contribution < 1.29 is 8.73 Å². The predicted octanol–water partition coefficient (Wildman–Crippen LogP) is 3.52. The van der Waals surface area contributed by atoms with Crippen LogP contribution in [0, 0.1) is 0 Å². The summed E-state index contributed by atoms with van der Waals surface area (Å²) in [7, 11) is -0.812. The van der Waals surface area contributed by atoms with Crippen LogP contribution in [0.1, 0.15) is 26.7 Å². The van der Waals surface area contributed by atoms with Gasteiger partial charge in [-0.05, 0) is 25.0 Å². The molecule has 0 saturated carbocycles. The first-order chi connectivity index (χ1) is 11.1. The highest BCUT2D eigenvalue weighted by Gasteiger charge is 2.40. The molecule has 2 aromatic rings. The smallest absolute Gasteiger partial charge is 0.322 e. The number of rotatable bonds is 4. The number of aromatic nitrogens is 2. The van der Waals surface area contributed by atoms with E-state index >= 15 is 0 Å². The number of hydrogen-bond donors (Lipinski definition) is 0. The van der Waals surface area contributed by atoms with Gasteiger partial charge in [-0.1, -0.05) is 42.7 Å². The van der Waals surface area contributed by atoms with Crippen molar-refractivity contribution in [3.8, 4) is 11.4 Å². The van der Waals surface area contributed by atoms with Crippen LogP contribution in [0.25, 0.3) is 11.4 Å². The molecule has 1 aromatic carbocycles. The lowest BCUT2D eigenvalue weighted by Gasteiger charge is -2.40. The lowest BCUT2D eigenvalue weighted by Crippen LogP contribution is -2.53. The van der Waals surface area contributed by atoms with Crippen molar-refractivity contribution in [1.82, 2.24) is 10.1 Å². The minimum atomic E-state index is -0.812. The zero-order valence-corrected chi connectivity index (χ0v) is 14.9. The van der Waals surface area contributed by atoms with Crippen LogP contribution in [0.15, 0.2) is 28.8 Å². The molecular weight excluding hydrogens is 334 g/mol. The third-order valence-corrected chi connectivity index (χ3v) is 7.03. The van der Waals surface area contributed by atoms with E-state index in [1.54, 1.807) is 0 Å². The van der Waals surface area contributed by atoms with E-state index in [-0.39, 0.29) is 4.75 Å². The Morgan fingerprint density at radius 3 is 2.87 bits per heavy atom. The molecule has 1 aliphatic heterocycles. The van der Waals surface area contributed by atoms with E-state index in [2.05, 4.69) is 28.9 Å². The molecule has 7 heteroatoms. The summed E-state index contributed by atoms with van der Waals surface area (Å²) in [5, 5.41) is 4.70. The fourth-order valence-electron chi connectivity index (χ4n) is 2.96. The summed E-state index contributed by atoms with van der Waals surface area (Å²) in [4.78, 5) is 6.55. The Morgan fingerprint density at radius 1 is 1.39 bits per heavy atom. The Balaban J connectivity index is 1.84. The largest absolute Gasteiger partial charge is 0.324 e. The summed E-state index contributed by atoms with van der Waals surface area (Å²) >= 11 is 6.01. The summed E-state index contributed by atoms with van der Waals surface area (Å²) in [6, 6.07) is 7.86. The van der Waals surface area contributed by atoms with Crippen LogP contribution in [0.3, 0.4) is 0 Å². The van der Waals surface area contributed by atoms with Gasteiger partial charge in [0.25, 0.3) is 0 Å². The van der Waals surface area contributed by atoms with Crippen molar-refractivity contribution in [3.05, 3.63) is 29.3 Å². The zero-order chi connectivity index (χ0) is 16.4. The van der Waals surface area contributed by atoms with Crippen molar-refractivity contribution in [1.29, 1.82) is 0 Å². The molecule has 3 rings (SSSR count). The van der Waals surface area contributed by atoms with Crippen LogP contribution in [0.5, 0.6) is 0 Å². The van der Waals surface area contributed by atoms with Crippen LogP contribution in [-0.4, -0.2) is 37.9 Å². The molecular formula is C16H20ClN3O2S. The molecule has 0 amide bonds. The lowest BCUT2D eigenvalue weighted by atomic mass is 10.0. The van der Waals surface area contributed by atoms with E-state index in [9.17, 15) is 4.21 Å². The SMILES string of the molecule is CCC1(CC)CN(c2nc(-c3cccc(Cl)c3)no2)CCS1=O. The van der Waals surface area contributed by atoms with E-state index in [0.717, 1.165) is 18.4 Å². The van der Waals surface area contributed by atoms with Crippen molar-refractivity contribution in [2.24, 2.45) is 0 Å². The van der Waals surface area contributed by atoms with Gasteiger partial charge in [-0.2, -0.15) is 4.98 Å². The first-order valence-electron chi connectivity index (χ1n) is 7.81. The topological polar surface area (TPSA) is 59.2 Å². The van der Waals surface area contributed by atoms with E-state index in [4.69, 9.17) is 16.1 Å². The van der Waals surface area contributed by atoms with E-state index in [0.29, 0.717) is 35.7 Å². The van der Waals surface area contributed by atoms with Crippen LogP contribution in [-0.2, 0) is 10.8 Å². The van der Waals surface area contributed by atoms with Crippen LogP contribution in [0.2, 0.25) is 5.02 Å². The summed E-state index contributed by atoms with van der Waals surface area (Å²) < 4.78 is 17.7. The van der Waals surface area contributed by atoms with Crippen molar-refractivity contribution in [2.75, 3.05) is 23.7 Å². The quantitative estimate of drug-likeness (QED) is 0.841. The highest BCUT2D eigenvalue weighted by atomic mass is 35.5. The molecule has 1 aliphatic rings.